The molecule has 3 unspecified atom stereocenters. The van der Waals surface area contributed by atoms with E-state index in [0.717, 1.165) is 24.0 Å². The second kappa shape index (κ2) is 18.0. The molecule has 1 aliphatic heterocycles. The maximum Gasteiger partial charge on any atom is 0.189 e. The summed E-state index contributed by atoms with van der Waals surface area (Å²) in [4.78, 5) is 4.68. The number of aliphatic hydroxyl groups is 1. The third-order valence-corrected chi connectivity index (χ3v) is 7.25. The average molecular weight is 422 g/mol. The van der Waals surface area contributed by atoms with Gasteiger partial charge in [-0.3, -0.25) is 4.48 Å². The highest BCUT2D eigenvalue weighted by Crippen LogP contribution is 2.26. The Morgan fingerprint density at radius 2 is 1.30 bits per heavy atom. The molecule has 3 heteroatoms. The Kier molecular flexibility index (Phi) is 16.4. The number of nitrogens with zero attached hydrogens (tertiary/aromatic N) is 2. The van der Waals surface area contributed by atoms with Crippen LogP contribution < -0.4 is 0 Å². The van der Waals surface area contributed by atoms with Gasteiger partial charge in [-0.15, -0.1) is 6.58 Å². The Bertz CT molecular complexity index is 435. The summed E-state index contributed by atoms with van der Waals surface area (Å²) in [6.45, 7) is 9.76. The molecule has 0 saturated carbocycles. The van der Waals surface area contributed by atoms with E-state index >= 15 is 0 Å². The number of unbranched alkanes of at least 4 members (excludes halogenated alkanes) is 16. The van der Waals surface area contributed by atoms with E-state index < -0.39 is 0 Å². The van der Waals surface area contributed by atoms with Gasteiger partial charge in [-0.1, -0.05) is 96.0 Å². The van der Waals surface area contributed by atoms with Crippen LogP contribution in [0.5, 0.6) is 0 Å². The molecule has 0 bridgehead atoms. The summed E-state index contributed by atoms with van der Waals surface area (Å²) in [7, 11) is 0. The van der Waals surface area contributed by atoms with Crippen LogP contribution in [-0.2, 0) is 0 Å². The van der Waals surface area contributed by atoms with Gasteiger partial charge < -0.3 is 5.11 Å². The molecular weight excluding hydrogens is 368 g/mol. The van der Waals surface area contributed by atoms with Gasteiger partial charge in [-0.05, 0) is 26.2 Å². The van der Waals surface area contributed by atoms with Gasteiger partial charge in [0.05, 0.1) is 12.8 Å². The Morgan fingerprint density at radius 1 is 0.867 bits per heavy atom. The van der Waals surface area contributed by atoms with Crippen molar-refractivity contribution in [2.24, 2.45) is 4.99 Å². The first-order valence-electron chi connectivity index (χ1n) is 13.3. The van der Waals surface area contributed by atoms with Crippen LogP contribution in [-0.4, -0.2) is 41.3 Å². The van der Waals surface area contributed by atoms with Crippen LogP contribution in [0.1, 0.15) is 129 Å². The van der Waals surface area contributed by atoms with Gasteiger partial charge in [0.1, 0.15) is 6.54 Å². The predicted molar refractivity (Wildman–Crippen MR) is 133 cm³/mol. The van der Waals surface area contributed by atoms with Gasteiger partial charge in [0.2, 0.25) is 0 Å². The summed E-state index contributed by atoms with van der Waals surface area (Å²) in [6, 6.07) is 0. The van der Waals surface area contributed by atoms with E-state index in [4.69, 9.17) is 0 Å². The largest absolute Gasteiger partial charge is 0.345 e. The number of allylic oxidation sites excluding steroid dienone is 1. The van der Waals surface area contributed by atoms with Gasteiger partial charge in [0.15, 0.2) is 12.4 Å². The number of aliphatic imine (C=N–C) groups is 1. The molecule has 30 heavy (non-hydrogen) atoms. The molecule has 1 rings (SSSR count). The fraction of sp³-hybridized carbons (Fsp3) is 0.889. The molecule has 0 radical (unpaired) electrons. The molecule has 3 atom stereocenters. The minimum Gasteiger partial charge on any atom is -0.345 e. The first-order chi connectivity index (χ1) is 14.7. The second-order valence-electron chi connectivity index (χ2n) is 9.57. The van der Waals surface area contributed by atoms with Crippen LogP contribution in [0.3, 0.4) is 0 Å². The van der Waals surface area contributed by atoms with E-state index in [9.17, 15) is 5.11 Å². The van der Waals surface area contributed by atoms with Crippen molar-refractivity contribution >= 4 is 6.21 Å². The van der Waals surface area contributed by atoms with Gasteiger partial charge in [-0.25, -0.2) is 4.99 Å². The van der Waals surface area contributed by atoms with Crippen molar-refractivity contribution in [1.29, 1.82) is 0 Å². The summed E-state index contributed by atoms with van der Waals surface area (Å²) < 4.78 is 0.746. The van der Waals surface area contributed by atoms with Gasteiger partial charge in [-0.2, -0.15) is 0 Å². The highest BCUT2D eigenvalue weighted by Gasteiger charge is 2.41. The first-order valence-corrected chi connectivity index (χ1v) is 13.3. The second-order valence-corrected chi connectivity index (χ2v) is 9.57. The zero-order valence-electron chi connectivity index (χ0n) is 20.5. The van der Waals surface area contributed by atoms with E-state index in [1.807, 2.05) is 19.2 Å². The third-order valence-electron chi connectivity index (χ3n) is 7.25. The molecule has 1 heterocycles. The fourth-order valence-corrected chi connectivity index (χ4v) is 5.00. The minimum atomic E-state index is -0.310. The van der Waals surface area contributed by atoms with Gasteiger partial charge >= 0.3 is 0 Å². The number of hydrogen-bond donors (Lipinski definition) is 1. The maximum atomic E-state index is 10.2. The number of hydrogen-bond acceptors (Lipinski definition) is 2. The molecule has 1 N–H and O–H groups in total. The molecule has 176 valence electrons. The Morgan fingerprint density at radius 3 is 1.70 bits per heavy atom. The molecule has 0 aromatic carbocycles. The third kappa shape index (κ3) is 11.1. The van der Waals surface area contributed by atoms with Crippen LogP contribution in [0.25, 0.3) is 0 Å². The lowest BCUT2D eigenvalue weighted by molar-refractivity contribution is -0.976. The molecular formula is C27H53N2O+. The standard InChI is InChI=1S/C27H53N2O/c1-4-6-7-8-9-10-11-12-13-14-15-16-17-18-19-20-21-22-23-27-28-24-25-29(27,5-2)26(3)30/h4,24,26-27,30H,1,5-23,25H2,2-3H3/q+1. The molecule has 0 spiro atoms. The zero-order valence-corrected chi connectivity index (χ0v) is 20.5. The van der Waals surface area contributed by atoms with Crippen molar-refractivity contribution in [3.63, 3.8) is 0 Å². The van der Waals surface area contributed by atoms with Gasteiger partial charge in [0.25, 0.3) is 0 Å². The minimum absolute atomic E-state index is 0.284. The molecule has 3 nitrogen and oxygen atoms in total. The normalized spacial score (nSPS) is 21.9. The number of quaternary nitrogens is 1. The zero-order chi connectivity index (χ0) is 21.9. The lowest BCUT2D eigenvalue weighted by atomic mass is 10.0. The first kappa shape index (κ1) is 27.4. The topological polar surface area (TPSA) is 32.6 Å². The smallest absolute Gasteiger partial charge is 0.189 e. The lowest BCUT2D eigenvalue weighted by Gasteiger charge is -2.40. The molecule has 0 aromatic rings. The quantitative estimate of drug-likeness (QED) is 0.114. The van der Waals surface area contributed by atoms with E-state index in [1.165, 1.54) is 109 Å². The van der Waals surface area contributed by atoms with E-state index in [0.29, 0.717) is 0 Å². The summed E-state index contributed by atoms with van der Waals surface area (Å²) in [5.41, 5.74) is 0. The Balaban J connectivity index is 1.83. The molecule has 0 fully saturated rings. The van der Waals surface area contributed by atoms with Crippen LogP contribution in [0, 0.1) is 0 Å². The maximum absolute atomic E-state index is 10.2. The summed E-state index contributed by atoms with van der Waals surface area (Å²) in [5.74, 6) is 0. The number of aliphatic hydroxyl groups excluding tert-OH is 1. The summed E-state index contributed by atoms with van der Waals surface area (Å²) >= 11 is 0. The van der Waals surface area contributed by atoms with Crippen molar-refractivity contribution in [3.05, 3.63) is 12.7 Å². The van der Waals surface area contributed by atoms with E-state index in [2.05, 4.69) is 18.5 Å². The Hall–Kier alpha value is -0.670. The van der Waals surface area contributed by atoms with Crippen LogP contribution in [0.15, 0.2) is 17.6 Å². The molecule has 1 aliphatic rings. The van der Waals surface area contributed by atoms with Crippen LogP contribution >= 0.6 is 0 Å². The Labute approximate surface area is 188 Å². The SMILES string of the molecule is C=CCCCCCCCCCCCCCCCCCCC1N=CC[N+]1(CC)C(C)O. The summed E-state index contributed by atoms with van der Waals surface area (Å²) in [6.07, 6.45) is 28.8. The number of rotatable bonds is 21. The summed E-state index contributed by atoms with van der Waals surface area (Å²) in [5, 5.41) is 10.2. The predicted octanol–water partition coefficient (Wildman–Crippen LogP) is 7.78. The lowest BCUT2D eigenvalue weighted by Crippen LogP contribution is -2.57. The van der Waals surface area contributed by atoms with Crippen molar-refractivity contribution in [2.75, 3.05) is 13.1 Å². The van der Waals surface area contributed by atoms with Crippen molar-refractivity contribution in [2.45, 2.75) is 142 Å². The van der Waals surface area contributed by atoms with Crippen molar-refractivity contribution < 1.29 is 9.59 Å². The van der Waals surface area contributed by atoms with Crippen LogP contribution in [0.2, 0.25) is 0 Å². The molecule has 0 aliphatic carbocycles. The van der Waals surface area contributed by atoms with Crippen LogP contribution in [0.4, 0.5) is 0 Å². The fourth-order valence-electron chi connectivity index (χ4n) is 5.00. The van der Waals surface area contributed by atoms with E-state index in [-0.39, 0.29) is 12.4 Å². The molecule has 0 amide bonds. The average Bonchev–Trinajstić information content (AvgIpc) is 3.17. The van der Waals surface area contributed by atoms with Crippen molar-refractivity contribution in [3.8, 4) is 0 Å². The van der Waals surface area contributed by atoms with E-state index in [1.54, 1.807) is 0 Å². The monoisotopic (exact) mass is 421 g/mol. The van der Waals surface area contributed by atoms with Gasteiger partial charge in [0, 0.05) is 13.3 Å². The highest BCUT2D eigenvalue weighted by molar-refractivity contribution is 5.60. The van der Waals surface area contributed by atoms with Crippen molar-refractivity contribution in [1.82, 2.24) is 0 Å². The highest BCUT2D eigenvalue weighted by atomic mass is 16.3. The molecule has 0 aromatic heterocycles. The molecule has 0 saturated heterocycles.